The first-order valence-electron chi connectivity index (χ1n) is 9.07. The maximum Gasteiger partial charge on any atom is 0.147 e. The molecule has 6 nitrogen and oxygen atoms in total. The van der Waals surface area contributed by atoms with Crippen molar-refractivity contribution in [2.45, 2.75) is 26.2 Å². The van der Waals surface area contributed by atoms with E-state index in [2.05, 4.69) is 26.7 Å². The quantitative estimate of drug-likeness (QED) is 0.833. The molecule has 1 fully saturated rings. The highest BCUT2D eigenvalue weighted by Crippen LogP contribution is 2.28. The topological polar surface area (TPSA) is 58.0 Å². The Bertz CT molecular complexity index is 717. The Labute approximate surface area is 153 Å². The maximum absolute atomic E-state index is 4.93. The van der Waals surface area contributed by atoms with Crippen LogP contribution < -0.4 is 9.80 Å². The van der Waals surface area contributed by atoms with E-state index < -0.39 is 0 Å². The molecule has 4 rings (SSSR count). The Kier molecular flexibility index (Phi) is 5.01. The van der Waals surface area contributed by atoms with E-state index in [1.165, 1.54) is 28.6 Å². The number of fused-ring (bicyclic) bond motifs is 1. The molecule has 0 aliphatic carbocycles. The third kappa shape index (κ3) is 3.56. The van der Waals surface area contributed by atoms with Gasteiger partial charge in [0.2, 0.25) is 0 Å². The standard InChI is InChI=1S/C18H24N6S/c1-2-16-21-15-4-8-23(17-13-19-5-6-20-17)7-3-14(15)18(22-16)24-9-11-25-12-10-24/h5-6,13H,2-4,7-12H2,1H3. The molecule has 4 heterocycles. The molecule has 0 spiro atoms. The Hall–Kier alpha value is -1.89. The van der Waals surface area contributed by atoms with Gasteiger partial charge in [-0.3, -0.25) is 4.98 Å². The molecule has 7 heteroatoms. The molecule has 0 saturated carbocycles. The van der Waals surface area contributed by atoms with Crippen LogP contribution in [0.15, 0.2) is 18.6 Å². The number of hydrogen-bond donors (Lipinski definition) is 0. The Morgan fingerprint density at radius 2 is 1.84 bits per heavy atom. The Morgan fingerprint density at radius 1 is 1.00 bits per heavy atom. The molecular weight excluding hydrogens is 332 g/mol. The van der Waals surface area contributed by atoms with Gasteiger partial charge in [-0.1, -0.05) is 6.92 Å². The fraction of sp³-hybridized carbons (Fsp3) is 0.556. The highest BCUT2D eigenvalue weighted by atomic mass is 32.2. The van der Waals surface area contributed by atoms with Gasteiger partial charge in [0.1, 0.15) is 17.5 Å². The summed E-state index contributed by atoms with van der Waals surface area (Å²) in [4.78, 5) is 23.3. The van der Waals surface area contributed by atoms with Crippen LogP contribution in [0.2, 0.25) is 0 Å². The second-order valence-electron chi connectivity index (χ2n) is 6.39. The summed E-state index contributed by atoms with van der Waals surface area (Å²) in [5.41, 5.74) is 2.57. The highest BCUT2D eigenvalue weighted by Gasteiger charge is 2.24. The van der Waals surface area contributed by atoms with Crippen molar-refractivity contribution in [3.63, 3.8) is 0 Å². The third-order valence-electron chi connectivity index (χ3n) is 4.87. The van der Waals surface area contributed by atoms with Gasteiger partial charge in [0.25, 0.3) is 0 Å². The van der Waals surface area contributed by atoms with Gasteiger partial charge in [-0.2, -0.15) is 11.8 Å². The first-order valence-corrected chi connectivity index (χ1v) is 10.2. The predicted molar refractivity (Wildman–Crippen MR) is 103 cm³/mol. The van der Waals surface area contributed by atoms with E-state index in [0.29, 0.717) is 0 Å². The fourth-order valence-corrected chi connectivity index (χ4v) is 4.41. The molecule has 0 unspecified atom stereocenters. The van der Waals surface area contributed by atoms with E-state index in [4.69, 9.17) is 9.97 Å². The smallest absolute Gasteiger partial charge is 0.147 e. The van der Waals surface area contributed by atoms with Crippen LogP contribution in [0.25, 0.3) is 0 Å². The van der Waals surface area contributed by atoms with Crippen LogP contribution in [0.1, 0.15) is 24.0 Å². The summed E-state index contributed by atoms with van der Waals surface area (Å²) in [6.45, 7) is 6.19. The predicted octanol–water partition coefficient (Wildman–Crippen LogP) is 1.99. The second kappa shape index (κ2) is 7.56. The number of aryl methyl sites for hydroxylation is 1. The van der Waals surface area contributed by atoms with Gasteiger partial charge < -0.3 is 9.80 Å². The molecule has 2 aromatic rings. The van der Waals surface area contributed by atoms with Crippen molar-refractivity contribution in [3.05, 3.63) is 35.7 Å². The van der Waals surface area contributed by atoms with Gasteiger partial charge >= 0.3 is 0 Å². The average molecular weight is 356 g/mol. The molecule has 2 aliphatic heterocycles. The molecule has 0 N–H and O–H groups in total. The molecule has 0 bridgehead atoms. The van der Waals surface area contributed by atoms with E-state index in [0.717, 1.165) is 57.1 Å². The number of anilines is 2. The van der Waals surface area contributed by atoms with Gasteiger partial charge in [-0.15, -0.1) is 0 Å². The molecule has 1 saturated heterocycles. The number of rotatable bonds is 3. The van der Waals surface area contributed by atoms with Crippen LogP contribution in [-0.4, -0.2) is 57.6 Å². The highest BCUT2D eigenvalue weighted by molar-refractivity contribution is 7.99. The lowest BCUT2D eigenvalue weighted by atomic mass is 10.1. The monoisotopic (exact) mass is 356 g/mol. The average Bonchev–Trinajstić information content (AvgIpc) is 2.91. The van der Waals surface area contributed by atoms with Crippen molar-refractivity contribution in [1.82, 2.24) is 19.9 Å². The second-order valence-corrected chi connectivity index (χ2v) is 7.62. The van der Waals surface area contributed by atoms with Crippen LogP contribution in [0.3, 0.4) is 0 Å². The van der Waals surface area contributed by atoms with Crippen molar-refractivity contribution in [1.29, 1.82) is 0 Å². The molecule has 0 atom stereocenters. The molecular formula is C18H24N6S. The van der Waals surface area contributed by atoms with Crippen molar-refractivity contribution in [3.8, 4) is 0 Å². The lowest BCUT2D eigenvalue weighted by molar-refractivity contribution is 0.782. The zero-order valence-corrected chi connectivity index (χ0v) is 15.5. The molecule has 132 valence electrons. The lowest BCUT2D eigenvalue weighted by Crippen LogP contribution is -2.34. The van der Waals surface area contributed by atoms with Crippen LogP contribution in [0.5, 0.6) is 0 Å². The molecule has 0 amide bonds. The normalized spacial score (nSPS) is 18.0. The van der Waals surface area contributed by atoms with Gasteiger partial charge in [-0.05, 0) is 6.42 Å². The number of thioether (sulfide) groups is 1. The van der Waals surface area contributed by atoms with E-state index in [-0.39, 0.29) is 0 Å². The molecule has 25 heavy (non-hydrogen) atoms. The molecule has 2 aliphatic rings. The minimum absolute atomic E-state index is 0.886. The number of nitrogens with zero attached hydrogens (tertiary/aromatic N) is 6. The first kappa shape index (κ1) is 16.6. The molecule has 0 radical (unpaired) electrons. The number of hydrogen-bond acceptors (Lipinski definition) is 7. The Balaban J connectivity index is 1.64. The van der Waals surface area contributed by atoms with Crippen molar-refractivity contribution in [2.24, 2.45) is 0 Å². The summed E-state index contributed by atoms with van der Waals surface area (Å²) in [6.07, 6.45) is 8.13. The van der Waals surface area contributed by atoms with Crippen molar-refractivity contribution >= 4 is 23.4 Å². The summed E-state index contributed by atoms with van der Waals surface area (Å²) in [7, 11) is 0. The minimum atomic E-state index is 0.886. The summed E-state index contributed by atoms with van der Waals surface area (Å²) in [5, 5.41) is 0. The van der Waals surface area contributed by atoms with Gasteiger partial charge in [0.05, 0.1) is 11.9 Å². The fourth-order valence-electron chi connectivity index (χ4n) is 3.51. The zero-order chi connectivity index (χ0) is 17.1. The van der Waals surface area contributed by atoms with E-state index in [9.17, 15) is 0 Å². The zero-order valence-electron chi connectivity index (χ0n) is 14.7. The summed E-state index contributed by atoms with van der Waals surface area (Å²) < 4.78 is 0. The molecule has 0 aromatic carbocycles. The summed E-state index contributed by atoms with van der Waals surface area (Å²) in [5.74, 6) is 5.48. The lowest BCUT2D eigenvalue weighted by Gasteiger charge is -2.30. The van der Waals surface area contributed by atoms with Crippen molar-refractivity contribution in [2.75, 3.05) is 47.5 Å². The summed E-state index contributed by atoms with van der Waals surface area (Å²) in [6, 6.07) is 0. The largest absolute Gasteiger partial charge is 0.355 e. The Morgan fingerprint density at radius 3 is 2.60 bits per heavy atom. The van der Waals surface area contributed by atoms with Crippen molar-refractivity contribution < 1.29 is 0 Å². The van der Waals surface area contributed by atoms with Gasteiger partial charge in [0.15, 0.2) is 0 Å². The molecule has 2 aromatic heterocycles. The minimum Gasteiger partial charge on any atom is -0.355 e. The third-order valence-corrected chi connectivity index (χ3v) is 5.81. The van der Waals surface area contributed by atoms with Crippen LogP contribution in [0.4, 0.5) is 11.6 Å². The summed E-state index contributed by atoms with van der Waals surface area (Å²) >= 11 is 2.03. The van der Waals surface area contributed by atoms with Gasteiger partial charge in [-0.25, -0.2) is 15.0 Å². The van der Waals surface area contributed by atoms with Gasteiger partial charge in [0, 0.05) is 68.5 Å². The SMILES string of the molecule is CCc1nc2c(c(N3CCSCC3)n1)CCN(c1cnccn1)CC2. The van der Waals surface area contributed by atoms with Crippen LogP contribution in [0, 0.1) is 0 Å². The van der Waals surface area contributed by atoms with Crippen LogP contribution in [-0.2, 0) is 19.3 Å². The first-order chi connectivity index (χ1) is 12.3. The van der Waals surface area contributed by atoms with E-state index in [1.54, 1.807) is 12.4 Å². The van der Waals surface area contributed by atoms with Crippen LogP contribution >= 0.6 is 11.8 Å². The van der Waals surface area contributed by atoms with E-state index >= 15 is 0 Å². The maximum atomic E-state index is 4.93. The van der Waals surface area contributed by atoms with E-state index in [1.807, 2.05) is 18.0 Å². The number of aromatic nitrogens is 4.